The van der Waals surface area contributed by atoms with E-state index in [0.717, 1.165) is 39.3 Å². The first kappa shape index (κ1) is 15.5. The minimum absolute atomic E-state index is 0.825. The van der Waals surface area contributed by atoms with Gasteiger partial charge >= 0.3 is 0 Å². The van der Waals surface area contributed by atoms with Crippen LogP contribution in [0.5, 0.6) is 0 Å². The van der Waals surface area contributed by atoms with Crippen LogP contribution in [0, 0.1) is 0 Å². The summed E-state index contributed by atoms with van der Waals surface area (Å²) in [6.07, 6.45) is 3.65. The highest BCUT2D eigenvalue weighted by Gasteiger charge is 2.06. The number of para-hydroxylation sites is 3. The average molecular weight is 351 g/mol. The number of aromatic nitrogens is 4. The van der Waals surface area contributed by atoms with Gasteiger partial charge in [0.15, 0.2) is 5.82 Å². The molecule has 0 bridgehead atoms. The van der Waals surface area contributed by atoms with Gasteiger partial charge in [-0.25, -0.2) is 9.97 Å². The van der Waals surface area contributed by atoms with Gasteiger partial charge in [0.05, 0.1) is 34.0 Å². The summed E-state index contributed by atoms with van der Waals surface area (Å²) in [6.45, 7) is 0. The number of aryl methyl sites for hydroxylation is 1. The molecule has 5 nitrogen and oxygen atoms in total. The monoisotopic (exact) mass is 351 g/mol. The Morgan fingerprint density at radius 1 is 0.852 bits per heavy atom. The van der Waals surface area contributed by atoms with E-state index in [4.69, 9.17) is 0 Å². The first-order valence-corrected chi connectivity index (χ1v) is 8.78. The van der Waals surface area contributed by atoms with Gasteiger partial charge in [0.2, 0.25) is 0 Å². The summed E-state index contributed by atoms with van der Waals surface area (Å²) in [5.41, 5.74) is 5.99. The van der Waals surface area contributed by atoms with Crippen molar-refractivity contribution in [2.45, 2.75) is 0 Å². The molecule has 0 saturated heterocycles. The number of fused-ring (bicyclic) bond motifs is 2. The van der Waals surface area contributed by atoms with E-state index < -0.39 is 0 Å². The predicted octanol–water partition coefficient (Wildman–Crippen LogP) is 4.66. The molecule has 5 aromatic rings. The molecule has 2 aromatic heterocycles. The van der Waals surface area contributed by atoms with Crippen LogP contribution in [0.3, 0.4) is 0 Å². The average Bonchev–Trinajstić information content (AvgIpc) is 3.28. The van der Waals surface area contributed by atoms with E-state index >= 15 is 0 Å². The van der Waals surface area contributed by atoms with Crippen LogP contribution in [0.25, 0.3) is 27.8 Å². The van der Waals surface area contributed by atoms with Crippen LogP contribution in [0.1, 0.15) is 5.82 Å². The Morgan fingerprint density at radius 3 is 2.52 bits per heavy atom. The van der Waals surface area contributed by atoms with Gasteiger partial charge in [-0.1, -0.05) is 30.3 Å². The topological polar surface area (TPSA) is 48.0 Å². The molecule has 130 valence electrons. The van der Waals surface area contributed by atoms with Crippen molar-refractivity contribution in [1.29, 1.82) is 0 Å². The lowest BCUT2D eigenvalue weighted by atomic mass is 10.2. The molecule has 0 aliphatic carbocycles. The van der Waals surface area contributed by atoms with E-state index in [0.29, 0.717) is 0 Å². The maximum absolute atomic E-state index is 4.63. The molecule has 5 rings (SSSR count). The van der Waals surface area contributed by atoms with E-state index in [9.17, 15) is 0 Å². The molecule has 0 spiro atoms. The summed E-state index contributed by atoms with van der Waals surface area (Å²) in [5.74, 6) is 0.825. The van der Waals surface area contributed by atoms with Crippen molar-refractivity contribution in [3.63, 3.8) is 0 Å². The maximum Gasteiger partial charge on any atom is 0.152 e. The molecule has 0 fully saturated rings. The normalized spacial score (nSPS) is 11.7. The molecule has 27 heavy (non-hydrogen) atoms. The molecule has 5 heteroatoms. The smallest absolute Gasteiger partial charge is 0.152 e. The van der Waals surface area contributed by atoms with E-state index in [1.54, 1.807) is 6.21 Å². The van der Waals surface area contributed by atoms with Crippen molar-refractivity contribution >= 4 is 34.0 Å². The lowest BCUT2D eigenvalue weighted by molar-refractivity contribution is 0.935. The SMILES string of the molecule is Cn1c(C=Nc2ccc3c(c2)ncn3-c2ccccc2)nc2ccccc21. The predicted molar refractivity (Wildman–Crippen MR) is 109 cm³/mol. The number of hydrogen-bond acceptors (Lipinski definition) is 3. The van der Waals surface area contributed by atoms with Crippen LogP contribution >= 0.6 is 0 Å². The van der Waals surface area contributed by atoms with E-state index in [2.05, 4.69) is 43.8 Å². The summed E-state index contributed by atoms with van der Waals surface area (Å²) in [7, 11) is 2.00. The van der Waals surface area contributed by atoms with E-state index in [1.165, 1.54) is 0 Å². The number of aliphatic imine (C=N–C) groups is 1. The lowest BCUT2D eigenvalue weighted by Crippen LogP contribution is -1.95. The Hall–Kier alpha value is -3.73. The first-order chi connectivity index (χ1) is 13.3. The maximum atomic E-state index is 4.63. The van der Waals surface area contributed by atoms with Gasteiger partial charge in [0.25, 0.3) is 0 Å². The zero-order valence-corrected chi connectivity index (χ0v) is 14.8. The summed E-state index contributed by atoms with van der Waals surface area (Å²) < 4.78 is 4.12. The fourth-order valence-electron chi connectivity index (χ4n) is 3.29. The Labute approximate surface area is 156 Å². The van der Waals surface area contributed by atoms with Crippen LogP contribution in [-0.4, -0.2) is 25.3 Å². The Morgan fingerprint density at radius 2 is 1.67 bits per heavy atom. The fraction of sp³-hybridized carbons (Fsp3) is 0.0455. The number of benzene rings is 3. The zero-order chi connectivity index (χ0) is 18.2. The Balaban J connectivity index is 1.50. The molecule has 0 aliphatic rings. The van der Waals surface area contributed by atoms with Gasteiger partial charge in [-0.15, -0.1) is 0 Å². The van der Waals surface area contributed by atoms with Crippen LogP contribution < -0.4 is 0 Å². The molecule has 3 aromatic carbocycles. The van der Waals surface area contributed by atoms with Gasteiger partial charge in [-0.2, -0.15) is 0 Å². The number of imidazole rings is 2. The Kier molecular flexibility index (Phi) is 3.57. The van der Waals surface area contributed by atoms with Gasteiger partial charge in [0, 0.05) is 12.7 Å². The first-order valence-electron chi connectivity index (χ1n) is 8.78. The second-order valence-corrected chi connectivity index (χ2v) is 6.40. The third-order valence-electron chi connectivity index (χ3n) is 4.72. The second kappa shape index (κ2) is 6.21. The number of rotatable bonds is 3. The van der Waals surface area contributed by atoms with Gasteiger partial charge in [0.1, 0.15) is 6.33 Å². The minimum atomic E-state index is 0.825. The van der Waals surface area contributed by atoms with Gasteiger partial charge < -0.3 is 4.57 Å². The third-order valence-corrected chi connectivity index (χ3v) is 4.72. The van der Waals surface area contributed by atoms with Crippen LogP contribution in [-0.2, 0) is 7.05 Å². The summed E-state index contributed by atoms with van der Waals surface area (Å²) >= 11 is 0. The second-order valence-electron chi connectivity index (χ2n) is 6.40. The lowest BCUT2D eigenvalue weighted by Gasteiger charge is -2.03. The summed E-state index contributed by atoms with van der Waals surface area (Å²) in [5, 5.41) is 0. The van der Waals surface area contributed by atoms with Crippen LogP contribution in [0.15, 0.2) is 84.1 Å². The quantitative estimate of drug-likeness (QED) is 0.444. The fourth-order valence-corrected chi connectivity index (χ4v) is 3.29. The van der Waals surface area contributed by atoms with Crippen molar-refractivity contribution in [3.8, 4) is 5.69 Å². The minimum Gasteiger partial charge on any atom is -0.326 e. The number of hydrogen-bond donors (Lipinski definition) is 0. The molecular weight excluding hydrogens is 334 g/mol. The van der Waals surface area contributed by atoms with E-state index in [-0.39, 0.29) is 0 Å². The standard InChI is InChI=1S/C22H17N5/c1-26-20-10-6-5-9-18(20)25-22(26)14-23-16-11-12-21-19(13-16)24-15-27(21)17-7-3-2-4-8-17/h2-15H,1H3. The molecule has 0 unspecified atom stereocenters. The molecule has 0 aliphatic heterocycles. The largest absolute Gasteiger partial charge is 0.326 e. The highest BCUT2D eigenvalue weighted by Crippen LogP contribution is 2.23. The van der Waals surface area contributed by atoms with Gasteiger partial charge in [-0.05, 0) is 42.5 Å². The van der Waals surface area contributed by atoms with Crippen molar-refractivity contribution in [2.75, 3.05) is 0 Å². The molecule has 0 atom stereocenters. The third kappa shape index (κ3) is 2.69. The summed E-state index contributed by atoms with van der Waals surface area (Å²) in [4.78, 5) is 13.8. The molecule has 0 amide bonds. The van der Waals surface area contributed by atoms with Crippen LogP contribution in [0.2, 0.25) is 0 Å². The molecule has 0 saturated carbocycles. The van der Waals surface area contributed by atoms with Crippen LogP contribution in [0.4, 0.5) is 5.69 Å². The Bertz CT molecular complexity index is 1280. The van der Waals surface area contributed by atoms with Gasteiger partial charge in [-0.3, -0.25) is 9.56 Å². The van der Waals surface area contributed by atoms with Crippen molar-refractivity contribution < 1.29 is 0 Å². The molecular formula is C22H17N5. The number of nitrogens with zero attached hydrogens (tertiary/aromatic N) is 5. The van der Waals surface area contributed by atoms with Crippen molar-refractivity contribution in [1.82, 2.24) is 19.1 Å². The molecule has 2 heterocycles. The van der Waals surface area contributed by atoms with E-state index in [1.807, 2.05) is 66.5 Å². The zero-order valence-electron chi connectivity index (χ0n) is 14.8. The van der Waals surface area contributed by atoms with Crippen molar-refractivity contribution in [2.24, 2.45) is 12.0 Å². The summed E-state index contributed by atoms with van der Waals surface area (Å²) in [6, 6.07) is 24.3. The molecule has 0 N–H and O–H groups in total. The molecule has 0 radical (unpaired) electrons. The highest BCUT2D eigenvalue weighted by atomic mass is 15.1. The highest BCUT2D eigenvalue weighted by molar-refractivity contribution is 5.87. The van der Waals surface area contributed by atoms with Crippen molar-refractivity contribution in [3.05, 3.63) is 84.9 Å².